The van der Waals surface area contributed by atoms with Gasteiger partial charge in [-0.1, -0.05) is 251 Å². The van der Waals surface area contributed by atoms with Crippen LogP contribution >= 0.6 is 15.6 Å². The Morgan fingerprint density at radius 1 is 0.290 bits per heavy atom. The predicted molar refractivity (Wildman–Crippen MR) is 408 cm³/mol. The number of phosphoric acid groups is 2. The fraction of sp³-hybridized carbons (Fsp3) is 0.654. The molecule has 0 fully saturated rings. The Hall–Kier alpha value is -5.06. The van der Waals surface area contributed by atoms with Crippen LogP contribution in [-0.2, 0) is 65.4 Å². The molecular formula is C81H134O17P2. The maximum Gasteiger partial charge on any atom is 0.472 e. The van der Waals surface area contributed by atoms with Gasteiger partial charge in [0.2, 0.25) is 0 Å². The SMILES string of the molecule is CC/C=C\C/C=C\C/C=C\C/C=C\CCCCCCC(=O)OCC(COP(=O)(O)OCC(O)COP(=O)(O)OCC(COC(=O)CCCCCC/C=C\C/C=C\C/C=C\C/C=C\CC)OC(=O)CCCCCCC/C=C\CCCC)OC(=O)CCCCCCC/C=C\C/C=C\C/C=C\CC. The van der Waals surface area contributed by atoms with Gasteiger partial charge in [0.25, 0.3) is 0 Å². The zero-order valence-corrected chi connectivity index (χ0v) is 63.9. The first-order valence-electron chi connectivity index (χ1n) is 38.1. The van der Waals surface area contributed by atoms with E-state index >= 15 is 0 Å². The second-order valence-electron chi connectivity index (χ2n) is 24.8. The largest absolute Gasteiger partial charge is 0.472 e. The highest BCUT2D eigenvalue weighted by Crippen LogP contribution is 2.45. The highest BCUT2D eigenvalue weighted by Gasteiger charge is 2.30. The lowest BCUT2D eigenvalue weighted by atomic mass is 10.1. The second-order valence-corrected chi connectivity index (χ2v) is 27.7. The van der Waals surface area contributed by atoms with Gasteiger partial charge in [0.15, 0.2) is 12.2 Å². The number of esters is 4. The topological polar surface area (TPSA) is 237 Å². The minimum absolute atomic E-state index is 0.0650. The average molecular weight is 1440 g/mol. The standard InChI is InChI=1S/C81H134O17P2/c1-5-9-13-17-21-25-29-32-35-37-40-42-46-49-53-57-61-65-78(83)91-71-76(97-80(85)67-63-59-55-51-45-28-24-20-16-12-8-4)73-95-99(87,88)93-69-75(82)70-94-100(89,90)96-74-77(98-81(86)68-64-60-56-52-48-44-39-34-31-27-23-19-15-11-7-3)72-92-79(84)66-62-58-54-50-47-43-41-38-36-33-30-26-22-18-14-10-6-2/h9-11,13-15,20-27,32-36,39-43,75-77,82H,5-8,12,16-19,28-31,37-38,44-74H2,1-4H3,(H,87,88)(H,89,90)/b13-9-,14-10-,15-11-,24-20-,25-21-,26-22-,27-23-,35-32-,36-33-,39-34-,42-40-,43-41-. The Kier molecular flexibility index (Phi) is 68.6. The third-order valence-electron chi connectivity index (χ3n) is 15.3. The van der Waals surface area contributed by atoms with E-state index in [1.165, 1.54) is 12.8 Å². The van der Waals surface area contributed by atoms with Crippen molar-refractivity contribution in [2.45, 2.75) is 303 Å². The molecule has 0 rings (SSSR count). The molecule has 0 saturated heterocycles. The Balaban J connectivity index is 5.39. The van der Waals surface area contributed by atoms with Crippen molar-refractivity contribution in [3.05, 3.63) is 146 Å². The molecule has 19 heteroatoms. The van der Waals surface area contributed by atoms with Gasteiger partial charge in [-0.25, -0.2) is 9.13 Å². The molecule has 0 aromatic carbocycles. The Morgan fingerprint density at radius 3 is 0.810 bits per heavy atom. The van der Waals surface area contributed by atoms with Gasteiger partial charge in [-0.3, -0.25) is 37.3 Å². The van der Waals surface area contributed by atoms with Crippen molar-refractivity contribution in [3.63, 3.8) is 0 Å². The number of hydrogen-bond acceptors (Lipinski definition) is 15. The number of phosphoric ester groups is 2. The predicted octanol–water partition coefficient (Wildman–Crippen LogP) is 21.9. The fourth-order valence-corrected chi connectivity index (χ4v) is 11.1. The van der Waals surface area contributed by atoms with E-state index in [4.69, 9.17) is 37.0 Å². The van der Waals surface area contributed by atoms with Crippen molar-refractivity contribution in [1.82, 2.24) is 0 Å². The van der Waals surface area contributed by atoms with Crippen LogP contribution < -0.4 is 0 Å². The number of ether oxygens (including phenoxy) is 4. The summed E-state index contributed by atoms with van der Waals surface area (Å²) in [4.78, 5) is 72.8. The minimum atomic E-state index is -4.99. The quantitative estimate of drug-likeness (QED) is 0.0169. The van der Waals surface area contributed by atoms with Crippen LogP contribution in [-0.4, -0.2) is 96.7 Å². The molecular weight excluding hydrogens is 1310 g/mol. The van der Waals surface area contributed by atoms with Gasteiger partial charge in [0, 0.05) is 25.7 Å². The molecule has 0 radical (unpaired) electrons. The normalized spacial score (nSPS) is 14.8. The van der Waals surface area contributed by atoms with Gasteiger partial charge in [0.1, 0.15) is 19.3 Å². The zero-order chi connectivity index (χ0) is 73.2. The molecule has 5 unspecified atom stereocenters. The fourth-order valence-electron chi connectivity index (χ4n) is 9.55. The van der Waals surface area contributed by atoms with Crippen LogP contribution in [0.3, 0.4) is 0 Å². The van der Waals surface area contributed by atoms with Gasteiger partial charge in [-0.15, -0.1) is 0 Å². The van der Waals surface area contributed by atoms with E-state index < -0.39 is 97.5 Å². The van der Waals surface area contributed by atoms with E-state index in [0.29, 0.717) is 25.7 Å². The molecule has 0 saturated carbocycles. The smallest absolute Gasteiger partial charge is 0.462 e. The van der Waals surface area contributed by atoms with E-state index in [1.54, 1.807) is 0 Å². The number of carbonyl (C=O) groups excluding carboxylic acids is 4. The molecule has 0 bridgehead atoms. The van der Waals surface area contributed by atoms with E-state index in [1.807, 2.05) is 0 Å². The van der Waals surface area contributed by atoms with Crippen molar-refractivity contribution < 1.29 is 80.2 Å². The summed E-state index contributed by atoms with van der Waals surface area (Å²) < 4.78 is 68.4. The van der Waals surface area contributed by atoms with Crippen molar-refractivity contribution in [2.75, 3.05) is 39.6 Å². The summed E-state index contributed by atoms with van der Waals surface area (Å²) in [6, 6.07) is 0. The molecule has 0 aliphatic carbocycles. The van der Waals surface area contributed by atoms with Crippen molar-refractivity contribution in [2.24, 2.45) is 0 Å². The number of aliphatic hydroxyl groups is 1. The summed E-state index contributed by atoms with van der Waals surface area (Å²) in [5, 5.41) is 10.6. The number of unbranched alkanes of at least 4 members (excludes halogenated alkanes) is 20. The molecule has 0 aromatic rings. The first-order chi connectivity index (χ1) is 48.7. The lowest BCUT2D eigenvalue weighted by Gasteiger charge is -2.21. The van der Waals surface area contributed by atoms with Crippen molar-refractivity contribution in [3.8, 4) is 0 Å². The maximum absolute atomic E-state index is 13.1. The van der Waals surface area contributed by atoms with Gasteiger partial charge in [-0.2, -0.15) is 0 Å². The first-order valence-corrected chi connectivity index (χ1v) is 41.1. The number of rotatable bonds is 70. The average Bonchev–Trinajstić information content (AvgIpc) is 1.02. The second kappa shape index (κ2) is 72.3. The summed E-state index contributed by atoms with van der Waals surface area (Å²) in [6.45, 7) is 4.39. The zero-order valence-electron chi connectivity index (χ0n) is 62.1. The van der Waals surface area contributed by atoms with Crippen LogP contribution in [0, 0.1) is 0 Å². The number of hydrogen-bond donors (Lipinski definition) is 3. The van der Waals surface area contributed by atoms with Crippen molar-refractivity contribution >= 4 is 39.5 Å². The van der Waals surface area contributed by atoms with Crippen LogP contribution in [0.2, 0.25) is 0 Å². The van der Waals surface area contributed by atoms with Gasteiger partial charge in [0.05, 0.1) is 26.4 Å². The molecule has 0 heterocycles. The number of aliphatic hydroxyl groups excluding tert-OH is 1. The van der Waals surface area contributed by atoms with Crippen molar-refractivity contribution in [1.29, 1.82) is 0 Å². The molecule has 0 amide bonds. The van der Waals surface area contributed by atoms with Crippen LogP contribution in [0.1, 0.15) is 285 Å². The molecule has 100 heavy (non-hydrogen) atoms. The third kappa shape index (κ3) is 71.3. The van der Waals surface area contributed by atoms with E-state index in [-0.39, 0.29) is 25.7 Å². The Morgan fingerprint density at radius 2 is 0.520 bits per heavy atom. The van der Waals surface area contributed by atoms with E-state index in [9.17, 15) is 43.2 Å². The summed E-state index contributed by atoms with van der Waals surface area (Å²) >= 11 is 0. The molecule has 0 aliphatic rings. The van der Waals surface area contributed by atoms with E-state index in [2.05, 4.69) is 174 Å². The first kappa shape index (κ1) is 94.9. The monoisotopic (exact) mass is 1440 g/mol. The number of carbonyl (C=O) groups is 4. The Bertz CT molecular complexity index is 2470. The molecule has 17 nitrogen and oxygen atoms in total. The lowest BCUT2D eigenvalue weighted by Crippen LogP contribution is -2.30. The molecule has 3 N–H and O–H groups in total. The molecule has 5 atom stereocenters. The third-order valence-corrected chi connectivity index (χ3v) is 17.2. The summed E-state index contributed by atoms with van der Waals surface area (Å²) in [7, 11) is -9.98. The lowest BCUT2D eigenvalue weighted by molar-refractivity contribution is -0.161. The molecule has 570 valence electrons. The van der Waals surface area contributed by atoms with Gasteiger partial charge < -0.3 is 33.8 Å². The van der Waals surface area contributed by atoms with Crippen LogP contribution in [0.5, 0.6) is 0 Å². The molecule has 0 spiro atoms. The summed E-state index contributed by atoms with van der Waals surface area (Å²) in [5.41, 5.74) is 0. The van der Waals surface area contributed by atoms with E-state index in [0.717, 1.165) is 193 Å². The van der Waals surface area contributed by atoms with Crippen LogP contribution in [0.25, 0.3) is 0 Å². The highest BCUT2D eigenvalue weighted by molar-refractivity contribution is 7.47. The molecule has 0 aliphatic heterocycles. The van der Waals surface area contributed by atoms with Gasteiger partial charge in [-0.05, 0) is 154 Å². The Labute approximate surface area is 605 Å². The van der Waals surface area contributed by atoms with Gasteiger partial charge >= 0.3 is 39.5 Å². The van der Waals surface area contributed by atoms with Crippen LogP contribution in [0.15, 0.2) is 146 Å². The summed E-state index contributed by atoms with van der Waals surface area (Å²) in [6.07, 6.45) is 81.3. The van der Waals surface area contributed by atoms with Crippen LogP contribution in [0.4, 0.5) is 0 Å². The number of allylic oxidation sites excluding steroid dienone is 24. The summed E-state index contributed by atoms with van der Waals surface area (Å²) in [5.74, 6) is -2.26. The maximum atomic E-state index is 13.1. The highest BCUT2D eigenvalue weighted by atomic mass is 31.2. The molecule has 0 aromatic heterocycles. The minimum Gasteiger partial charge on any atom is -0.462 e.